The number of ether oxygens (including phenoxy) is 2. The summed E-state index contributed by atoms with van der Waals surface area (Å²) in [6.45, 7) is 0.245. The summed E-state index contributed by atoms with van der Waals surface area (Å²) in [5, 5.41) is 3.88. The number of nitrogens with one attached hydrogen (secondary N) is 1. The second kappa shape index (κ2) is 5.45. The molecule has 2 aromatic heterocycles. The Morgan fingerprint density at radius 2 is 2.00 bits per heavy atom. The molecule has 0 saturated carbocycles. The number of hydrogen-bond donors (Lipinski definition) is 1. The van der Waals surface area contributed by atoms with Crippen molar-refractivity contribution in [2.45, 2.75) is 0 Å². The Morgan fingerprint density at radius 3 is 2.87 bits per heavy atom. The second-order valence-corrected chi connectivity index (χ2v) is 4.84. The summed E-state index contributed by atoms with van der Waals surface area (Å²) in [5.41, 5.74) is 1.43. The number of rotatable bonds is 3. The van der Waals surface area contributed by atoms with Crippen molar-refractivity contribution in [2.24, 2.45) is 0 Å². The maximum Gasteiger partial charge on any atom is 0.250 e. The number of aromatic nitrogens is 3. The van der Waals surface area contributed by atoms with Gasteiger partial charge >= 0.3 is 0 Å². The molecular formula is C16H11N3O4. The van der Waals surface area contributed by atoms with E-state index in [0.29, 0.717) is 23.0 Å². The van der Waals surface area contributed by atoms with Crippen LogP contribution in [0.2, 0.25) is 0 Å². The third-order valence-corrected chi connectivity index (χ3v) is 3.30. The molecule has 0 fully saturated rings. The Morgan fingerprint density at radius 1 is 1.09 bits per heavy atom. The molecule has 1 aliphatic heterocycles. The molecule has 1 N–H and O–H groups in total. The number of nitrogens with zero attached hydrogens (tertiary/aromatic N) is 2. The Kier molecular flexibility index (Phi) is 3.16. The molecule has 0 unspecified atom stereocenters. The van der Waals surface area contributed by atoms with E-state index in [0.717, 1.165) is 11.3 Å². The lowest BCUT2D eigenvalue weighted by molar-refractivity contribution is 0.174. The van der Waals surface area contributed by atoms with Crippen LogP contribution in [0.25, 0.3) is 23.5 Å². The van der Waals surface area contributed by atoms with Crippen LogP contribution in [0.5, 0.6) is 11.5 Å². The molecule has 0 saturated heterocycles. The zero-order valence-electron chi connectivity index (χ0n) is 11.9. The largest absolute Gasteiger partial charge is 0.454 e. The number of fused-ring (bicyclic) bond motifs is 1. The molecule has 0 atom stereocenters. The molecule has 23 heavy (non-hydrogen) atoms. The molecule has 1 aliphatic rings. The summed E-state index contributed by atoms with van der Waals surface area (Å²) in [6.07, 6.45) is 5.09. The predicted octanol–water partition coefficient (Wildman–Crippen LogP) is 2.32. The van der Waals surface area contributed by atoms with Crippen LogP contribution >= 0.6 is 0 Å². The molecule has 0 radical (unpaired) electrons. The van der Waals surface area contributed by atoms with Crippen molar-refractivity contribution in [2.75, 3.05) is 6.79 Å². The number of benzene rings is 1. The van der Waals surface area contributed by atoms with Gasteiger partial charge in [-0.2, -0.15) is 4.98 Å². The van der Waals surface area contributed by atoms with E-state index in [1.165, 1.54) is 6.07 Å². The monoisotopic (exact) mass is 309 g/mol. The minimum atomic E-state index is -0.180. The minimum Gasteiger partial charge on any atom is -0.454 e. The topological polar surface area (TPSA) is 90.2 Å². The van der Waals surface area contributed by atoms with Crippen molar-refractivity contribution in [1.82, 2.24) is 15.1 Å². The summed E-state index contributed by atoms with van der Waals surface area (Å²) in [6, 6.07) is 8.67. The van der Waals surface area contributed by atoms with E-state index in [2.05, 4.69) is 15.1 Å². The van der Waals surface area contributed by atoms with Gasteiger partial charge in [0, 0.05) is 23.9 Å². The van der Waals surface area contributed by atoms with Crippen molar-refractivity contribution in [3.8, 4) is 22.9 Å². The quantitative estimate of drug-likeness (QED) is 0.798. The maximum absolute atomic E-state index is 11.0. The van der Waals surface area contributed by atoms with Gasteiger partial charge in [-0.05, 0) is 29.8 Å². The van der Waals surface area contributed by atoms with Crippen molar-refractivity contribution in [3.63, 3.8) is 0 Å². The highest BCUT2D eigenvalue weighted by Crippen LogP contribution is 2.32. The van der Waals surface area contributed by atoms with Crippen LogP contribution < -0.4 is 15.0 Å². The Hall–Kier alpha value is -3.35. The third kappa shape index (κ3) is 2.71. The molecular weight excluding hydrogens is 298 g/mol. The molecule has 0 aliphatic carbocycles. The van der Waals surface area contributed by atoms with E-state index < -0.39 is 0 Å². The van der Waals surface area contributed by atoms with Crippen molar-refractivity contribution in [1.29, 1.82) is 0 Å². The van der Waals surface area contributed by atoms with E-state index in [1.54, 1.807) is 18.3 Å². The zero-order chi connectivity index (χ0) is 15.6. The molecule has 0 amide bonds. The van der Waals surface area contributed by atoms with E-state index in [4.69, 9.17) is 14.0 Å². The maximum atomic E-state index is 11.0. The van der Waals surface area contributed by atoms with Gasteiger partial charge in [-0.15, -0.1) is 0 Å². The number of H-pyrrole nitrogens is 1. The van der Waals surface area contributed by atoms with E-state index >= 15 is 0 Å². The predicted molar refractivity (Wildman–Crippen MR) is 81.8 cm³/mol. The van der Waals surface area contributed by atoms with Gasteiger partial charge in [0.25, 0.3) is 5.89 Å². The Balaban J connectivity index is 1.55. The third-order valence-electron chi connectivity index (χ3n) is 3.30. The van der Waals surface area contributed by atoms with Gasteiger partial charge in [0.05, 0.1) is 0 Å². The van der Waals surface area contributed by atoms with Gasteiger partial charge in [-0.25, -0.2) is 0 Å². The van der Waals surface area contributed by atoms with E-state index in [9.17, 15) is 4.79 Å². The summed E-state index contributed by atoms with van der Waals surface area (Å²) >= 11 is 0. The van der Waals surface area contributed by atoms with Gasteiger partial charge < -0.3 is 19.0 Å². The fourth-order valence-corrected chi connectivity index (χ4v) is 2.15. The van der Waals surface area contributed by atoms with Gasteiger partial charge in [-0.3, -0.25) is 4.79 Å². The first-order valence-corrected chi connectivity index (χ1v) is 6.88. The lowest BCUT2D eigenvalue weighted by Crippen LogP contribution is -2.01. The molecule has 3 aromatic rings. The van der Waals surface area contributed by atoms with Crippen LogP contribution in [-0.4, -0.2) is 21.9 Å². The summed E-state index contributed by atoms with van der Waals surface area (Å²) < 4.78 is 15.8. The van der Waals surface area contributed by atoms with Gasteiger partial charge in [0.1, 0.15) is 0 Å². The van der Waals surface area contributed by atoms with Crippen molar-refractivity contribution < 1.29 is 14.0 Å². The molecule has 1 aromatic carbocycles. The fourth-order valence-electron chi connectivity index (χ4n) is 2.15. The number of pyridine rings is 1. The summed E-state index contributed by atoms with van der Waals surface area (Å²) in [4.78, 5) is 17.9. The minimum absolute atomic E-state index is 0.180. The molecule has 0 spiro atoms. The van der Waals surface area contributed by atoms with Crippen LogP contribution in [0, 0.1) is 0 Å². The second-order valence-electron chi connectivity index (χ2n) is 4.84. The average molecular weight is 309 g/mol. The molecule has 0 bridgehead atoms. The van der Waals surface area contributed by atoms with Gasteiger partial charge in [0.15, 0.2) is 11.5 Å². The van der Waals surface area contributed by atoms with E-state index in [-0.39, 0.29) is 12.4 Å². The van der Waals surface area contributed by atoms with Gasteiger partial charge in [0.2, 0.25) is 18.2 Å². The average Bonchev–Trinajstić information content (AvgIpc) is 3.22. The molecule has 7 heteroatoms. The molecule has 4 rings (SSSR count). The Labute approximate surface area is 130 Å². The number of aromatic amines is 1. The lowest BCUT2D eigenvalue weighted by Gasteiger charge is -1.96. The summed E-state index contributed by atoms with van der Waals surface area (Å²) in [7, 11) is 0. The van der Waals surface area contributed by atoms with E-state index in [1.807, 2.05) is 24.3 Å². The lowest BCUT2D eigenvalue weighted by atomic mass is 10.2. The molecule has 7 nitrogen and oxygen atoms in total. The number of hydrogen-bond acceptors (Lipinski definition) is 6. The first-order valence-electron chi connectivity index (χ1n) is 6.88. The first-order chi connectivity index (χ1) is 11.3. The smallest absolute Gasteiger partial charge is 0.250 e. The van der Waals surface area contributed by atoms with Crippen LogP contribution in [0.4, 0.5) is 0 Å². The van der Waals surface area contributed by atoms with Crippen molar-refractivity contribution >= 4 is 12.2 Å². The molecule has 3 heterocycles. The highest BCUT2D eigenvalue weighted by atomic mass is 16.7. The van der Waals surface area contributed by atoms with Crippen LogP contribution in [0.15, 0.2) is 45.8 Å². The fraction of sp³-hybridized carbons (Fsp3) is 0.0625. The summed E-state index contributed by atoms with van der Waals surface area (Å²) in [5.74, 6) is 2.22. The highest BCUT2D eigenvalue weighted by Gasteiger charge is 2.12. The normalized spacial score (nSPS) is 12.9. The molecule has 114 valence electrons. The SMILES string of the molecule is O=c1ccc(-c2noc(/C=C/c3ccc4c(c3)OCO4)n2)c[nH]1. The van der Waals surface area contributed by atoms with Crippen LogP contribution in [-0.2, 0) is 0 Å². The van der Waals surface area contributed by atoms with Gasteiger partial charge in [-0.1, -0.05) is 11.2 Å². The van der Waals surface area contributed by atoms with Crippen molar-refractivity contribution in [3.05, 3.63) is 58.3 Å². The highest BCUT2D eigenvalue weighted by molar-refractivity contribution is 5.68. The Bertz CT molecular complexity index is 922. The first kappa shape index (κ1) is 13.3. The van der Waals surface area contributed by atoms with Crippen LogP contribution in [0.1, 0.15) is 11.5 Å². The zero-order valence-corrected chi connectivity index (χ0v) is 11.9. The standard InChI is InChI=1S/C16H11N3O4/c20-14-5-3-11(8-17-14)16-18-15(23-19-16)6-2-10-1-4-12-13(7-10)22-9-21-12/h1-8H,9H2,(H,17,20)/b6-2+. The van der Waals surface area contributed by atoms with Crippen LogP contribution in [0.3, 0.4) is 0 Å².